The molecule has 0 radical (unpaired) electrons. The normalized spacial score (nSPS) is 13.2. The number of hydrogen-bond acceptors (Lipinski definition) is 6. The molecule has 30 heavy (non-hydrogen) atoms. The van der Waals surface area contributed by atoms with Crippen LogP contribution in [0.1, 0.15) is 52.7 Å². The highest BCUT2D eigenvalue weighted by Gasteiger charge is 2.17. The molecular formula is C23H25N3O3S. The molecule has 1 amide bonds. The van der Waals surface area contributed by atoms with Crippen molar-refractivity contribution in [2.75, 3.05) is 11.9 Å². The van der Waals surface area contributed by atoms with E-state index in [0.29, 0.717) is 35.4 Å². The molecule has 3 aromatic rings. The van der Waals surface area contributed by atoms with Crippen LogP contribution in [0.3, 0.4) is 0 Å². The van der Waals surface area contributed by atoms with Crippen LogP contribution in [-0.4, -0.2) is 22.5 Å². The zero-order valence-electron chi connectivity index (χ0n) is 17.0. The van der Waals surface area contributed by atoms with Gasteiger partial charge in [-0.2, -0.15) is 0 Å². The first-order valence-corrected chi connectivity index (χ1v) is 11.1. The van der Waals surface area contributed by atoms with Gasteiger partial charge in [0.2, 0.25) is 0 Å². The molecule has 0 bridgehead atoms. The number of fused-ring (bicyclic) bond motifs is 1. The average molecular weight is 424 g/mol. The highest BCUT2D eigenvalue weighted by atomic mass is 32.1. The van der Waals surface area contributed by atoms with Crippen LogP contribution in [0.25, 0.3) is 0 Å². The lowest BCUT2D eigenvalue weighted by Crippen LogP contribution is -2.12. The Bertz CT molecular complexity index is 981. The Morgan fingerprint density at radius 2 is 2.03 bits per heavy atom. The number of anilines is 1. The van der Waals surface area contributed by atoms with Gasteiger partial charge < -0.3 is 9.47 Å². The molecule has 7 heteroatoms. The van der Waals surface area contributed by atoms with Crippen molar-refractivity contribution in [2.24, 2.45) is 0 Å². The zero-order valence-corrected chi connectivity index (χ0v) is 17.8. The number of nitrogens with zero attached hydrogens (tertiary/aromatic N) is 2. The number of carbonyl (C=O) groups is 1. The van der Waals surface area contributed by atoms with Crippen LogP contribution in [0, 0.1) is 0 Å². The fraction of sp³-hybridized carbons (Fsp3) is 0.348. The van der Waals surface area contributed by atoms with Gasteiger partial charge in [0.25, 0.3) is 5.91 Å². The summed E-state index contributed by atoms with van der Waals surface area (Å²) in [4.78, 5) is 22.8. The van der Waals surface area contributed by atoms with Crippen molar-refractivity contribution < 1.29 is 14.3 Å². The van der Waals surface area contributed by atoms with Gasteiger partial charge in [-0.15, -0.1) is 11.3 Å². The largest absolute Gasteiger partial charge is 0.490 e. The quantitative estimate of drug-likeness (QED) is 0.539. The summed E-state index contributed by atoms with van der Waals surface area (Å²) in [6.45, 7) is 2.76. The van der Waals surface area contributed by atoms with Gasteiger partial charge in [0, 0.05) is 28.4 Å². The first-order chi connectivity index (χ1) is 14.7. The molecule has 1 aromatic carbocycles. The van der Waals surface area contributed by atoms with Crippen LogP contribution in [0.5, 0.6) is 11.5 Å². The van der Waals surface area contributed by atoms with E-state index in [1.165, 1.54) is 24.1 Å². The van der Waals surface area contributed by atoms with Crippen molar-refractivity contribution in [1.82, 2.24) is 9.97 Å². The number of amides is 1. The summed E-state index contributed by atoms with van der Waals surface area (Å²) in [7, 11) is 0. The van der Waals surface area contributed by atoms with E-state index < -0.39 is 0 Å². The molecule has 0 unspecified atom stereocenters. The van der Waals surface area contributed by atoms with Crippen molar-refractivity contribution in [3.05, 3.63) is 64.4 Å². The third-order valence-corrected chi connectivity index (χ3v) is 6.01. The van der Waals surface area contributed by atoms with Crippen LogP contribution in [0.4, 0.5) is 5.13 Å². The highest BCUT2D eigenvalue weighted by Crippen LogP contribution is 2.31. The molecule has 2 aromatic heterocycles. The Hall–Kier alpha value is -2.93. The third-order valence-electron chi connectivity index (χ3n) is 4.94. The lowest BCUT2D eigenvalue weighted by Gasteiger charge is -2.13. The molecule has 0 saturated carbocycles. The summed E-state index contributed by atoms with van der Waals surface area (Å²) < 4.78 is 11.6. The van der Waals surface area contributed by atoms with E-state index in [1.807, 2.05) is 19.1 Å². The molecule has 0 spiro atoms. The van der Waals surface area contributed by atoms with Crippen molar-refractivity contribution in [3.63, 3.8) is 0 Å². The highest BCUT2D eigenvalue weighted by molar-refractivity contribution is 7.15. The van der Waals surface area contributed by atoms with E-state index in [4.69, 9.17) is 9.47 Å². The maximum Gasteiger partial charge on any atom is 0.257 e. The van der Waals surface area contributed by atoms with E-state index in [9.17, 15) is 4.79 Å². The average Bonchev–Trinajstić information content (AvgIpc) is 3.01. The molecule has 0 saturated heterocycles. The van der Waals surface area contributed by atoms with Gasteiger partial charge in [-0.25, -0.2) is 4.98 Å². The van der Waals surface area contributed by atoms with E-state index in [2.05, 4.69) is 15.3 Å². The second-order valence-electron chi connectivity index (χ2n) is 7.15. The molecule has 2 heterocycles. The van der Waals surface area contributed by atoms with E-state index >= 15 is 0 Å². The minimum absolute atomic E-state index is 0.196. The first kappa shape index (κ1) is 20.3. The summed E-state index contributed by atoms with van der Waals surface area (Å²) in [6, 6.07) is 9.05. The van der Waals surface area contributed by atoms with Crippen molar-refractivity contribution in [1.29, 1.82) is 0 Å². The number of aromatic nitrogens is 2. The minimum Gasteiger partial charge on any atom is -0.490 e. The zero-order chi connectivity index (χ0) is 20.8. The molecule has 0 fully saturated rings. The van der Waals surface area contributed by atoms with E-state index in [0.717, 1.165) is 24.1 Å². The van der Waals surface area contributed by atoms with Gasteiger partial charge in [-0.1, -0.05) is 12.5 Å². The number of pyridine rings is 1. The lowest BCUT2D eigenvalue weighted by molar-refractivity contribution is 0.102. The summed E-state index contributed by atoms with van der Waals surface area (Å²) in [5.74, 6) is 0.945. The Kier molecular flexibility index (Phi) is 6.59. The fourth-order valence-corrected chi connectivity index (χ4v) is 4.48. The summed E-state index contributed by atoms with van der Waals surface area (Å²) in [6.07, 6.45) is 9.16. The van der Waals surface area contributed by atoms with Gasteiger partial charge in [0.1, 0.15) is 6.61 Å². The maximum absolute atomic E-state index is 12.8. The standard InChI is InChI=1S/C23H25N3O3S/c1-2-28-20-13-17(10-11-19(20)29-15-16-7-6-12-24-14-16)22(27)26-23-25-18-8-4-3-5-9-21(18)30-23/h6-7,10-14H,2-5,8-9,15H2,1H3,(H,25,26,27). The predicted octanol–water partition coefficient (Wildman–Crippen LogP) is 5.04. The number of carbonyl (C=O) groups excluding carboxylic acids is 1. The SMILES string of the molecule is CCOc1cc(C(=O)Nc2nc3c(s2)CCCCC3)ccc1OCc1cccnc1. The molecule has 0 aliphatic heterocycles. The van der Waals surface area contributed by atoms with Gasteiger partial charge >= 0.3 is 0 Å². The summed E-state index contributed by atoms with van der Waals surface area (Å²) in [5, 5.41) is 3.61. The van der Waals surface area contributed by atoms with E-state index in [-0.39, 0.29) is 5.91 Å². The number of thiazole rings is 1. The Labute approximate surface area is 180 Å². The summed E-state index contributed by atoms with van der Waals surface area (Å²) in [5.41, 5.74) is 2.62. The topological polar surface area (TPSA) is 73.3 Å². The molecule has 1 aliphatic rings. The summed E-state index contributed by atoms with van der Waals surface area (Å²) >= 11 is 1.59. The van der Waals surface area contributed by atoms with Crippen LogP contribution >= 0.6 is 11.3 Å². The number of ether oxygens (including phenoxy) is 2. The number of nitrogens with one attached hydrogen (secondary N) is 1. The first-order valence-electron chi connectivity index (χ1n) is 10.3. The van der Waals surface area contributed by atoms with Crippen LogP contribution in [-0.2, 0) is 19.4 Å². The molecule has 0 atom stereocenters. The van der Waals surface area contributed by atoms with E-state index in [1.54, 1.807) is 41.9 Å². The smallest absolute Gasteiger partial charge is 0.257 e. The third kappa shape index (κ3) is 4.97. The molecule has 156 valence electrons. The number of hydrogen-bond donors (Lipinski definition) is 1. The van der Waals surface area contributed by atoms with Gasteiger partial charge in [0.05, 0.1) is 12.3 Å². The number of benzene rings is 1. The van der Waals surface area contributed by atoms with Crippen LogP contribution in [0.2, 0.25) is 0 Å². The number of aryl methyl sites for hydroxylation is 2. The van der Waals surface area contributed by atoms with Crippen molar-refractivity contribution in [2.45, 2.75) is 45.6 Å². The Morgan fingerprint density at radius 1 is 1.13 bits per heavy atom. The number of rotatable bonds is 7. The fourth-order valence-electron chi connectivity index (χ4n) is 3.43. The van der Waals surface area contributed by atoms with Gasteiger partial charge in [0.15, 0.2) is 16.6 Å². The molecular weight excluding hydrogens is 398 g/mol. The minimum atomic E-state index is -0.196. The Balaban J connectivity index is 1.46. The maximum atomic E-state index is 12.8. The predicted molar refractivity (Wildman–Crippen MR) is 118 cm³/mol. The molecule has 1 N–H and O–H groups in total. The van der Waals surface area contributed by atoms with Crippen molar-refractivity contribution >= 4 is 22.4 Å². The van der Waals surface area contributed by atoms with Gasteiger partial charge in [-0.05, 0) is 56.9 Å². The monoisotopic (exact) mass is 423 g/mol. The molecule has 4 rings (SSSR count). The van der Waals surface area contributed by atoms with Crippen molar-refractivity contribution in [3.8, 4) is 11.5 Å². The van der Waals surface area contributed by atoms with Crippen LogP contribution in [0.15, 0.2) is 42.7 Å². The van der Waals surface area contributed by atoms with Crippen LogP contribution < -0.4 is 14.8 Å². The Morgan fingerprint density at radius 3 is 2.87 bits per heavy atom. The lowest BCUT2D eigenvalue weighted by atomic mass is 10.2. The molecule has 6 nitrogen and oxygen atoms in total. The van der Waals surface area contributed by atoms with Gasteiger partial charge in [-0.3, -0.25) is 15.1 Å². The second kappa shape index (κ2) is 9.71. The second-order valence-corrected chi connectivity index (χ2v) is 8.23. The molecule has 1 aliphatic carbocycles.